The molecule has 0 radical (unpaired) electrons. The van der Waals surface area contributed by atoms with Crippen molar-refractivity contribution < 1.29 is 53.1 Å². The van der Waals surface area contributed by atoms with Crippen molar-refractivity contribution in [2.45, 2.75) is 179 Å². The molecule has 5 amide bonds. The third-order valence-corrected chi connectivity index (χ3v) is 21.2. The molecule has 0 aliphatic rings. The second-order valence-electron chi connectivity index (χ2n) is 32.0. The lowest BCUT2D eigenvalue weighted by Crippen LogP contribution is -2.25. The van der Waals surface area contributed by atoms with Crippen molar-refractivity contribution in [1.82, 2.24) is 26.6 Å². The monoisotopic (exact) mass is 1820 g/mol. The van der Waals surface area contributed by atoms with Crippen molar-refractivity contribution in [3.8, 4) is 5.75 Å². The van der Waals surface area contributed by atoms with Gasteiger partial charge in [0.15, 0.2) is 28.9 Å². The van der Waals surface area contributed by atoms with Crippen LogP contribution in [0.5, 0.6) is 5.75 Å². The number of aromatic hydroxyl groups is 1. The van der Waals surface area contributed by atoms with Crippen molar-refractivity contribution in [2.24, 2.45) is 0 Å². The number of hydrogen-bond acceptors (Lipinski definition) is 12. The van der Waals surface area contributed by atoms with Gasteiger partial charge in [-0.3, -0.25) is 47.9 Å². The highest BCUT2D eigenvalue weighted by atomic mass is 35.5. The molecule has 1 heterocycles. The number of rotatable bonds is 40. The predicted molar refractivity (Wildman–Crippen MR) is 551 cm³/mol. The largest absolute Gasteiger partial charge is 0.508 e. The van der Waals surface area contributed by atoms with Gasteiger partial charge < -0.3 is 31.7 Å². The Labute approximate surface area is 795 Å². The van der Waals surface area contributed by atoms with E-state index in [0.717, 1.165) is 141 Å². The van der Waals surface area contributed by atoms with Crippen molar-refractivity contribution in [3.63, 3.8) is 0 Å². The summed E-state index contributed by atoms with van der Waals surface area (Å²) >= 11 is 7.41. The maximum Gasteiger partial charge on any atom is 0.248 e. The lowest BCUT2D eigenvalue weighted by molar-refractivity contribution is -0.120. The molecule has 9 aromatic carbocycles. The number of amides is 5. The Morgan fingerprint density at radius 3 is 0.759 bits per heavy atom. The van der Waals surface area contributed by atoms with Crippen molar-refractivity contribution >= 4 is 142 Å². The van der Waals surface area contributed by atoms with Crippen LogP contribution in [0.25, 0.3) is 60.8 Å². The van der Waals surface area contributed by atoms with E-state index in [-0.39, 0.29) is 69.9 Å². The highest BCUT2D eigenvalue weighted by Gasteiger charge is 2.18. The van der Waals surface area contributed by atoms with E-state index in [9.17, 15) is 53.1 Å². The van der Waals surface area contributed by atoms with E-state index in [0.29, 0.717) is 65.5 Å². The molecule has 1 aromatic heterocycles. The Hall–Kier alpha value is -14.1. The van der Waals surface area contributed by atoms with Gasteiger partial charge in [-0.05, 0) is 233 Å². The Bertz CT molecular complexity index is 5410. The van der Waals surface area contributed by atoms with Crippen LogP contribution in [0, 0.1) is 48.5 Å². The van der Waals surface area contributed by atoms with E-state index in [2.05, 4.69) is 26.6 Å². The number of carbonyl (C=O) groups is 10. The van der Waals surface area contributed by atoms with E-state index in [4.69, 9.17) is 11.6 Å². The van der Waals surface area contributed by atoms with Gasteiger partial charge in [-0.25, -0.2) is 0 Å². The highest BCUT2D eigenvalue weighted by Crippen LogP contribution is 2.23. The summed E-state index contributed by atoms with van der Waals surface area (Å²) in [6.45, 7) is 24.0. The standard InChI is InChI=1S/2C24H27NO2.C23H24ClNO2.C23H25NO3.C21H23NO2S/c2*1-4-5-6-23(26)22(17-21-13-9-19(3)10-14-21)25-24(27)16-15-20-11-7-18(2)8-12-20;1-3-4-5-22(26)21(16-19-8-6-17(2)7-9-19)25-23(27)15-12-18-10-13-20(24)14-11-18;1-3-4-10-22(26)20(16-19-11-13-21(25)17(2)15-19)24-23(27)14-12-18-8-6-5-7-9-18;1-3-4-7-20(23)19(15-17-10-8-16(2)9-11-17)22-21(24)13-12-18-6-5-14-25-18/h2*7-17H,4-6H2,1-3H3,(H,25,27);6-16H,3-5H2,1-2H3,(H,25,27);5-9,11-16,25H,3-4,10H2,1-2H3,(H,24,27);5-6,8-15H,3-4,7H2,1-2H3,(H,22,24)/b2*16-15+,22-17-;15-12+,21-16-;14-12+,20-16-;13-12+,19-15-. The van der Waals surface area contributed by atoms with E-state index in [1.165, 1.54) is 41.5 Å². The van der Waals surface area contributed by atoms with Crippen molar-refractivity contribution in [3.05, 3.63) is 394 Å². The number of unbranched alkanes of at least 4 members (excludes halogenated alkanes) is 5. The van der Waals surface area contributed by atoms with E-state index in [1.54, 1.807) is 109 Å². The fraction of sp³-hybridized carbons (Fsp3) is 0.235. The number of nitrogens with one attached hydrogen (secondary N) is 5. The van der Waals surface area contributed by atoms with Crippen LogP contribution in [-0.4, -0.2) is 63.6 Å². The number of allylic oxidation sites excluding steroid dienone is 5. The van der Waals surface area contributed by atoms with Crippen LogP contribution in [0.15, 0.2) is 295 Å². The fourth-order valence-electron chi connectivity index (χ4n) is 12.1. The number of phenolic OH excluding ortho intramolecular Hbond substituents is 1. The zero-order valence-corrected chi connectivity index (χ0v) is 80.2. The minimum Gasteiger partial charge on any atom is -0.508 e. The summed E-state index contributed by atoms with van der Waals surface area (Å²) in [6.07, 6.45) is 35.1. The first-order valence-electron chi connectivity index (χ1n) is 45.2. The van der Waals surface area contributed by atoms with E-state index in [1.807, 2.05) is 282 Å². The number of hydrogen-bond donors (Lipinski definition) is 6. The molecule has 10 aromatic rings. The Kier molecular flexibility index (Phi) is 49.1. The molecule has 10 rings (SSSR count). The molecule has 0 fully saturated rings. The molecular weight excluding hydrogens is 1690 g/mol. The fourth-order valence-corrected chi connectivity index (χ4v) is 12.9. The maximum atomic E-state index is 12.5. The minimum absolute atomic E-state index is 0.0414. The Balaban J connectivity index is 0.000000256. The lowest BCUT2D eigenvalue weighted by Gasteiger charge is -2.08. The number of thiophene rings is 1. The van der Waals surface area contributed by atoms with Gasteiger partial charge in [0.05, 0.1) is 28.5 Å². The Morgan fingerprint density at radius 1 is 0.278 bits per heavy atom. The van der Waals surface area contributed by atoms with Crippen LogP contribution in [0.3, 0.4) is 0 Å². The quantitative estimate of drug-likeness (QED) is 0.0197. The molecule has 0 unspecified atom stereocenters. The zero-order valence-electron chi connectivity index (χ0n) is 78.6. The Morgan fingerprint density at radius 2 is 0.511 bits per heavy atom. The maximum absolute atomic E-state index is 12.5. The van der Waals surface area contributed by atoms with E-state index >= 15 is 0 Å². The van der Waals surface area contributed by atoms with Gasteiger partial charge in [-0.2, -0.15) is 0 Å². The van der Waals surface area contributed by atoms with Gasteiger partial charge in [-0.1, -0.05) is 312 Å². The first-order valence-corrected chi connectivity index (χ1v) is 46.5. The molecular formula is C115H126ClN5O11S. The van der Waals surface area contributed by atoms with Gasteiger partial charge in [0.25, 0.3) is 0 Å². The predicted octanol–water partition coefficient (Wildman–Crippen LogP) is 25.7. The van der Waals surface area contributed by atoms with Crippen molar-refractivity contribution in [1.29, 1.82) is 0 Å². The summed E-state index contributed by atoms with van der Waals surface area (Å²) in [5.41, 5.74) is 17.2. The number of aryl methyl sites for hydroxylation is 7. The topological polar surface area (TPSA) is 251 Å². The normalized spacial score (nSPS) is 11.6. The number of Topliss-reactive ketones (excluding diaryl/α,β-unsaturated/α-hetero) is 5. The van der Waals surface area contributed by atoms with Gasteiger partial charge >= 0.3 is 0 Å². The van der Waals surface area contributed by atoms with Crippen LogP contribution in [0.1, 0.15) is 225 Å². The number of benzene rings is 9. The number of halogens is 1. The zero-order chi connectivity index (χ0) is 96.7. The summed E-state index contributed by atoms with van der Waals surface area (Å²) in [6, 6.07) is 72.7. The molecule has 18 heteroatoms. The van der Waals surface area contributed by atoms with Crippen molar-refractivity contribution in [2.75, 3.05) is 0 Å². The first-order chi connectivity index (χ1) is 64.0. The van der Waals surface area contributed by atoms with Crippen LogP contribution in [0.4, 0.5) is 0 Å². The summed E-state index contributed by atoms with van der Waals surface area (Å²) in [5.74, 6) is -1.72. The smallest absolute Gasteiger partial charge is 0.248 e. The average Bonchev–Trinajstić information content (AvgIpc) is 0.881. The third kappa shape index (κ3) is 44.4. The van der Waals surface area contributed by atoms with E-state index < -0.39 is 0 Å². The van der Waals surface area contributed by atoms with Crippen LogP contribution >= 0.6 is 22.9 Å². The molecule has 0 bridgehead atoms. The van der Waals surface area contributed by atoms with Gasteiger partial charge in [0, 0.05) is 72.4 Å². The van der Waals surface area contributed by atoms with Crippen LogP contribution in [-0.2, 0) is 47.9 Å². The molecule has 16 nitrogen and oxygen atoms in total. The summed E-state index contributed by atoms with van der Waals surface area (Å²) in [5, 5.41) is 25.9. The second-order valence-corrected chi connectivity index (χ2v) is 33.4. The molecule has 0 aliphatic heterocycles. The molecule has 690 valence electrons. The van der Waals surface area contributed by atoms with Gasteiger partial charge in [0.1, 0.15) is 5.75 Å². The molecule has 6 N–H and O–H groups in total. The summed E-state index contributed by atoms with van der Waals surface area (Å²) < 4.78 is 0. The lowest BCUT2D eigenvalue weighted by atomic mass is 10.1. The van der Waals surface area contributed by atoms with Gasteiger partial charge in [-0.15, -0.1) is 11.3 Å². The molecule has 0 atom stereocenters. The summed E-state index contributed by atoms with van der Waals surface area (Å²) in [4.78, 5) is 125. The summed E-state index contributed by atoms with van der Waals surface area (Å²) in [7, 11) is 0. The van der Waals surface area contributed by atoms with Crippen LogP contribution < -0.4 is 26.6 Å². The molecule has 133 heavy (non-hydrogen) atoms. The second kappa shape index (κ2) is 60.7. The number of phenols is 1. The SMILES string of the molecule is CCCCC(=O)/C(=C/c1ccc(C)cc1)NC(=O)/C=C/c1ccc(C)cc1.CCCCC(=O)/C(=C/c1ccc(C)cc1)NC(=O)/C=C/c1ccc(C)cc1.CCCCC(=O)/C(=C/c1ccc(C)cc1)NC(=O)/C=C/c1ccc(Cl)cc1.CCCCC(=O)/C(=C/c1ccc(C)cc1)NC(=O)/C=C/c1cccs1.CCCCC(=O)/C(=C/c1ccc(O)c(C)c1)NC(=O)/C=C/c1ccccc1. The number of carbonyl (C=O) groups excluding carboxylic acids is 10. The molecule has 0 spiro atoms. The molecule has 0 saturated heterocycles. The number of ketones is 5. The van der Waals surface area contributed by atoms with Crippen LogP contribution in [0.2, 0.25) is 5.02 Å². The molecule has 0 aliphatic carbocycles. The highest BCUT2D eigenvalue weighted by molar-refractivity contribution is 7.10. The third-order valence-electron chi connectivity index (χ3n) is 20.1. The average molecular weight is 1820 g/mol. The minimum atomic E-state index is -0.356. The van der Waals surface area contributed by atoms with Gasteiger partial charge in [0.2, 0.25) is 29.5 Å². The first kappa shape index (κ1) is 108. The molecule has 0 saturated carbocycles.